The van der Waals surface area contributed by atoms with Gasteiger partial charge in [-0.05, 0) is 45.0 Å². The van der Waals surface area contributed by atoms with Gasteiger partial charge in [-0.3, -0.25) is 9.58 Å². The second-order valence-electron chi connectivity index (χ2n) is 6.28. The van der Waals surface area contributed by atoms with Gasteiger partial charge in [-0.15, -0.1) is 0 Å². The van der Waals surface area contributed by atoms with E-state index >= 15 is 0 Å². The lowest BCUT2D eigenvalue weighted by Gasteiger charge is -2.38. The fourth-order valence-corrected chi connectivity index (χ4v) is 3.16. The van der Waals surface area contributed by atoms with Gasteiger partial charge in [0, 0.05) is 44.6 Å². The molecule has 1 saturated heterocycles. The monoisotopic (exact) mass is 299 g/mol. The maximum absolute atomic E-state index is 4.67. The topological polar surface area (TPSA) is 37.2 Å². The summed E-state index contributed by atoms with van der Waals surface area (Å²) in [6.45, 7) is 5.10. The van der Waals surface area contributed by atoms with Crippen LogP contribution in [-0.2, 0) is 13.6 Å². The molecule has 0 amide bonds. The lowest BCUT2D eigenvalue weighted by molar-refractivity contribution is 0.205. The molecule has 3 heterocycles. The van der Waals surface area contributed by atoms with Gasteiger partial charge in [0.2, 0.25) is 0 Å². The molecule has 5 heteroatoms. The second-order valence-corrected chi connectivity index (χ2v) is 6.28. The number of hydrogen-bond acceptors (Lipinski definition) is 4. The van der Waals surface area contributed by atoms with Crippen molar-refractivity contribution in [1.82, 2.24) is 19.7 Å². The van der Waals surface area contributed by atoms with Crippen LogP contribution in [0.1, 0.15) is 24.2 Å². The summed E-state index contributed by atoms with van der Waals surface area (Å²) in [7, 11) is 4.17. The molecule has 0 bridgehead atoms. The van der Waals surface area contributed by atoms with E-state index in [1.54, 1.807) is 0 Å². The maximum atomic E-state index is 4.67. The number of nitrogens with zero attached hydrogens (tertiary/aromatic N) is 5. The van der Waals surface area contributed by atoms with E-state index in [-0.39, 0.29) is 0 Å². The molecule has 3 rings (SSSR count). The van der Waals surface area contributed by atoms with Crippen molar-refractivity contribution in [3.05, 3.63) is 41.9 Å². The van der Waals surface area contributed by atoms with Crippen molar-refractivity contribution in [1.29, 1.82) is 0 Å². The molecular weight excluding hydrogens is 274 g/mol. The Kier molecular flexibility index (Phi) is 4.43. The average molecular weight is 299 g/mol. The van der Waals surface area contributed by atoms with Crippen molar-refractivity contribution in [3.63, 3.8) is 0 Å². The fraction of sp³-hybridized carbons (Fsp3) is 0.529. The SMILES string of the molecule is Cc1cccc(N2CCC[C@H](N(C)Cc3ccn(C)n3)C2)n1. The summed E-state index contributed by atoms with van der Waals surface area (Å²) in [5, 5.41) is 4.48. The van der Waals surface area contributed by atoms with Gasteiger partial charge in [0.25, 0.3) is 0 Å². The normalized spacial score (nSPS) is 18.9. The predicted octanol–water partition coefficient (Wildman–Crippen LogP) is 2.22. The second kappa shape index (κ2) is 6.48. The Hall–Kier alpha value is -1.88. The highest BCUT2D eigenvalue weighted by Crippen LogP contribution is 2.21. The number of aromatic nitrogens is 3. The maximum Gasteiger partial charge on any atom is 0.128 e. The number of piperidine rings is 1. The smallest absolute Gasteiger partial charge is 0.128 e. The third kappa shape index (κ3) is 3.47. The summed E-state index contributed by atoms with van der Waals surface area (Å²) in [5.74, 6) is 1.11. The molecule has 1 fully saturated rings. The Morgan fingerprint density at radius 2 is 2.18 bits per heavy atom. The van der Waals surface area contributed by atoms with Crippen LogP contribution in [-0.4, -0.2) is 45.8 Å². The highest BCUT2D eigenvalue weighted by molar-refractivity contribution is 5.40. The van der Waals surface area contributed by atoms with E-state index in [1.165, 1.54) is 12.8 Å². The molecule has 2 aromatic heterocycles. The van der Waals surface area contributed by atoms with Crippen LogP contribution in [0.3, 0.4) is 0 Å². The van der Waals surface area contributed by atoms with Crippen LogP contribution in [0.2, 0.25) is 0 Å². The molecule has 22 heavy (non-hydrogen) atoms. The molecule has 118 valence electrons. The molecule has 0 aromatic carbocycles. The Morgan fingerprint density at radius 1 is 1.32 bits per heavy atom. The minimum Gasteiger partial charge on any atom is -0.355 e. The van der Waals surface area contributed by atoms with E-state index in [0.717, 1.165) is 36.8 Å². The quantitative estimate of drug-likeness (QED) is 0.867. The zero-order valence-electron chi connectivity index (χ0n) is 13.7. The first-order valence-electron chi connectivity index (χ1n) is 7.99. The largest absolute Gasteiger partial charge is 0.355 e. The standard InChI is InChI=1S/C17H25N5/c1-14-6-4-8-17(18-14)22-10-5-7-16(13-22)20(2)12-15-9-11-21(3)19-15/h4,6,8-9,11,16H,5,7,10,12-13H2,1-3H3/t16-/m0/s1. The van der Waals surface area contributed by atoms with Gasteiger partial charge in [0.05, 0.1) is 5.69 Å². The van der Waals surface area contributed by atoms with Crippen molar-refractivity contribution in [2.45, 2.75) is 32.4 Å². The van der Waals surface area contributed by atoms with Gasteiger partial charge in [-0.1, -0.05) is 6.07 Å². The van der Waals surface area contributed by atoms with Crippen LogP contribution in [0.4, 0.5) is 5.82 Å². The first-order valence-corrected chi connectivity index (χ1v) is 7.99. The van der Waals surface area contributed by atoms with Crippen molar-refractivity contribution < 1.29 is 0 Å². The predicted molar refractivity (Wildman–Crippen MR) is 88.9 cm³/mol. The van der Waals surface area contributed by atoms with Crippen LogP contribution in [0, 0.1) is 6.92 Å². The summed E-state index contributed by atoms with van der Waals surface area (Å²) < 4.78 is 1.87. The minimum atomic E-state index is 0.554. The Labute approximate surface area is 132 Å². The number of aryl methyl sites for hydroxylation is 2. The van der Waals surface area contributed by atoms with Gasteiger partial charge in [0.15, 0.2) is 0 Å². The zero-order valence-corrected chi connectivity index (χ0v) is 13.7. The van der Waals surface area contributed by atoms with E-state index in [1.807, 2.05) is 17.9 Å². The number of hydrogen-bond donors (Lipinski definition) is 0. The summed E-state index contributed by atoms with van der Waals surface area (Å²) in [4.78, 5) is 9.50. The van der Waals surface area contributed by atoms with Gasteiger partial charge >= 0.3 is 0 Å². The molecule has 5 nitrogen and oxygen atoms in total. The number of anilines is 1. The lowest BCUT2D eigenvalue weighted by atomic mass is 10.0. The van der Waals surface area contributed by atoms with E-state index in [2.05, 4.69) is 58.1 Å². The molecular formula is C17H25N5. The number of likely N-dealkylation sites (N-methyl/N-ethyl adjacent to an activating group) is 1. The molecule has 2 aromatic rings. The Bertz CT molecular complexity index is 621. The van der Waals surface area contributed by atoms with Crippen LogP contribution in [0.5, 0.6) is 0 Å². The van der Waals surface area contributed by atoms with Crippen LogP contribution >= 0.6 is 0 Å². The highest BCUT2D eigenvalue weighted by Gasteiger charge is 2.24. The van der Waals surface area contributed by atoms with E-state index < -0.39 is 0 Å². The molecule has 0 saturated carbocycles. The van der Waals surface area contributed by atoms with Crippen molar-refractivity contribution in [2.75, 3.05) is 25.0 Å². The molecule has 0 radical (unpaired) electrons. The Morgan fingerprint density at radius 3 is 2.91 bits per heavy atom. The number of pyridine rings is 1. The minimum absolute atomic E-state index is 0.554. The van der Waals surface area contributed by atoms with E-state index in [0.29, 0.717) is 6.04 Å². The Balaban J connectivity index is 1.64. The molecule has 1 aliphatic rings. The van der Waals surface area contributed by atoms with Crippen molar-refractivity contribution in [2.24, 2.45) is 7.05 Å². The first kappa shape index (κ1) is 15.0. The summed E-state index contributed by atoms with van der Waals surface area (Å²) in [6, 6.07) is 8.92. The molecule has 0 aliphatic carbocycles. The summed E-state index contributed by atoms with van der Waals surface area (Å²) in [5.41, 5.74) is 2.22. The zero-order chi connectivity index (χ0) is 15.5. The van der Waals surface area contributed by atoms with Crippen molar-refractivity contribution in [3.8, 4) is 0 Å². The van der Waals surface area contributed by atoms with Crippen molar-refractivity contribution >= 4 is 5.82 Å². The average Bonchev–Trinajstić information content (AvgIpc) is 2.92. The molecule has 0 N–H and O–H groups in total. The first-order chi connectivity index (χ1) is 10.6. The van der Waals surface area contributed by atoms with E-state index in [9.17, 15) is 0 Å². The van der Waals surface area contributed by atoms with Gasteiger partial charge in [-0.25, -0.2) is 4.98 Å². The third-order valence-electron chi connectivity index (χ3n) is 4.40. The third-order valence-corrected chi connectivity index (χ3v) is 4.40. The van der Waals surface area contributed by atoms with Crippen LogP contribution in [0.25, 0.3) is 0 Å². The highest BCUT2D eigenvalue weighted by atomic mass is 15.3. The van der Waals surface area contributed by atoms with Crippen LogP contribution < -0.4 is 4.90 Å². The van der Waals surface area contributed by atoms with Gasteiger partial charge in [-0.2, -0.15) is 5.10 Å². The van der Waals surface area contributed by atoms with Crippen LogP contribution in [0.15, 0.2) is 30.5 Å². The molecule has 1 aliphatic heterocycles. The fourth-order valence-electron chi connectivity index (χ4n) is 3.16. The van der Waals surface area contributed by atoms with Gasteiger partial charge < -0.3 is 4.90 Å². The molecule has 1 atom stereocenters. The molecule has 0 unspecified atom stereocenters. The number of rotatable bonds is 4. The summed E-state index contributed by atoms with van der Waals surface area (Å²) >= 11 is 0. The summed E-state index contributed by atoms with van der Waals surface area (Å²) in [6.07, 6.45) is 4.46. The lowest BCUT2D eigenvalue weighted by Crippen LogP contribution is -2.46. The van der Waals surface area contributed by atoms with E-state index in [4.69, 9.17) is 0 Å². The van der Waals surface area contributed by atoms with Gasteiger partial charge in [0.1, 0.15) is 5.82 Å². The molecule has 0 spiro atoms.